The Kier molecular flexibility index (Phi) is 7.07. The molecule has 7 nitrogen and oxygen atoms in total. The molecule has 4 unspecified atom stereocenters. The van der Waals surface area contributed by atoms with E-state index < -0.39 is 0 Å². The highest BCUT2D eigenvalue weighted by atomic mass is 127. The molecule has 8 heteroatoms. The molecule has 32 heavy (non-hydrogen) atoms. The third-order valence-electron chi connectivity index (χ3n) is 6.96. The quantitative estimate of drug-likeness (QED) is 0.179. The van der Waals surface area contributed by atoms with E-state index in [0.717, 1.165) is 38.2 Å². The molecule has 2 aliphatic carbocycles. The number of carbonyl (C=O) groups excluding carboxylic acids is 2. The van der Waals surface area contributed by atoms with Gasteiger partial charge in [-0.1, -0.05) is 24.3 Å². The molecule has 4 atom stereocenters. The number of amides is 2. The lowest BCUT2D eigenvalue weighted by atomic mass is 9.85. The van der Waals surface area contributed by atoms with E-state index in [1.165, 1.54) is 16.0 Å². The number of hydrogen-bond donors (Lipinski definition) is 2. The molecular formula is C24H31IN4O3. The van der Waals surface area contributed by atoms with E-state index in [-0.39, 0.29) is 59.5 Å². The molecule has 1 saturated carbocycles. The SMILES string of the molecule is CCNC(=NCCc1ccc2c(c1)CCO2)NCCN1C(=O)C2C3C=CC(C3)C2C1=O.I. The normalized spacial score (nSPS) is 27.3. The van der Waals surface area contributed by atoms with E-state index in [1.54, 1.807) is 0 Å². The average molecular weight is 550 g/mol. The molecule has 2 heterocycles. The molecule has 1 aromatic rings. The van der Waals surface area contributed by atoms with Gasteiger partial charge in [-0.15, -0.1) is 24.0 Å². The number of benzene rings is 1. The highest BCUT2D eigenvalue weighted by molar-refractivity contribution is 14.0. The van der Waals surface area contributed by atoms with Gasteiger partial charge < -0.3 is 15.4 Å². The van der Waals surface area contributed by atoms with Crippen molar-refractivity contribution in [1.82, 2.24) is 15.5 Å². The first-order valence-corrected chi connectivity index (χ1v) is 11.5. The van der Waals surface area contributed by atoms with Crippen LogP contribution >= 0.6 is 24.0 Å². The molecule has 1 aromatic carbocycles. The fourth-order valence-electron chi connectivity index (χ4n) is 5.50. The van der Waals surface area contributed by atoms with Gasteiger partial charge in [0.2, 0.25) is 11.8 Å². The maximum absolute atomic E-state index is 12.8. The summed E-state index contributed by atoms with van der Waals surface area (Å²) in [7, 11) is 0. The van der Waals surface area contributed by atoms with Gasteiger partial charge in [0.25, 0.3) is 0 Å². The Labute approximate surface area is 206 Å². The molecule has 0 aromatic heterocycles. The number of fused-ring (bicyclic) bond motifs is 6. The van der Waals surface area contributed by atoms with Crippen LogP contribution in [-0.2, 0) is 22.4 Å². The Morgan fingerprint density at radius 2 is 1.91 bits per heavy atom. The van der Waals surface area contributed by atoms with Gasteiger partial charge in [-0.25, -0.2) is 0 Å². The molecule has 2 aliphatic heterocycles. The first-order valence-electron chi connectivity index (χ1n) is 11.5. The lowest BCUT2D eigenvalue weighted by Crippen LogP contribution is -2.43. The molecule has 2 N–H and O–H groups in total. The monoisotopic (exact) mass is 550 g/mol. The molecule has 172 valence electrons. The van der Waals surface area contributed by atoms with E-state index >= 15 is 0 Å². The first-order chi connectivity index (χ1) is 15.2. The number of imide groups is 1. The smallest absolute Gasteiger partial charge is 0.233 e. The zero-order valence-corrected chi connectivity index (χ0v) is 20.7. The van der Waals surface area contributed by atoms with Gasteiger partial charge in [-0.2, -0.15) is 0 Å². The van der Waals surface area contributed by atoms with Gasteiger partial charge >= 0.3 is 0 Å². The number of likely N-dealkylation sites (tertiary alicyclic amines) is 1. The van der Waals surface area contributed by atoms with Crippen molar-refractivity contribution in [2.45, 2.75) is 26.2 Å². The number of rotatable bonds is 7. The van der Waals surface area contributed by atoms with Crippen molar-refractivity contribution in [3.05, 3.63) is 41.5 Å². The summed E-state index contributed by atoms with van der Waals surface area (Å²) in [6.45, 7) is 5.10. The number of halogens is 1. The predicted octanol–water partition coefficient (Wildman–Crippen LogP) is 2.14. The molecule has 5 rings (SSSR count). The van der Waals surface area contributed by atoms with Crippen molar-refractivity contribution in [3.63, 3.8) is 0 Å². The number of carbonyl (C=O) groups is 2. The lowest BCUT2D eigenvalue weighted by Gasteiger charge is -2.18. The van der Waals surface area contributed by atoms with Crippen LogP contribution in [0.15, 0.2) is 35.3 Å². The largest absolute Gasteiger partial charge is 0.493 e. The minimum absolute atomic E-state index is 0. The van der Waals surface area contributed by atoms with E-state index in [1.807, 2.05) is 13.0 Å². The molecule has 0 spiro atoms. The minimum atomic E-state index is -0.123. The van der Waals surface area contributed by atoms with Gasteiger partial charge in [0.15, 0.2) is 5.96 Å². The Morgan fingerprint density at radius 1 is 1.16 bits per heavy atom. The van der Waals surface area contributed by atoms with Crippen molar-refractivity contribution >= 4 is 41.8 Å². The first kappa shape index (κ1) is 23.1. The van der Waals surface area contributed by atoms with Gasteiger partial charge in [0.1, 0.15) is 5.75 Å². The Hall–Kier alpha value is -2.10. The van der Waals surface area contributed by atoms with Crippen LogP contribution in [0.2, 0.25) is 0 Å². The summed E-state index contributed by atoms with van der Waals surface area (Å²) < 4.78 is 5.57. The van der Waals surface area contributed by atoms with Gasteiger partial charge in [-0.3, -0.25) is 19.5 Å². The fraction of sp³-hybridized carbons (Fsp3) is 0.542. The summed E-state index contributed by atoms with van der Waals surface area (Å²) in [6.07, 6.45) is 7.05. The number of guanidine groups is 1. The lowest BCUT2D eigenvalue weighted by molar-refractivity contribution is -0.140. The van der Waals surface area contributed by atoms with Crippen LogP contribution in [0, 0.1) is 23.7 Å². The second kappa shape index (κ2) is 9.80. The van der Waals surface area contributed by atoms with Crippen molar-refractivity contribution in [2.24, 2.45) is 28.7 Å². The second-order valence-electron chi connectivity index (χ2n) is 8.81. The van der Waals surface area contributed by atoms with Crippen LogP contribution in [0.25, 0.3) is 0 Å². The van der Waals surface area contributed by atoms with Gasteiger partial charge in [0, 0.05) is 32.6 Å². The zero-order valence-electron chi connectivity index (χ0n) is 18.4. The van der Waals surface area contributed by atoms with E-state index in [0.29, 0.717) is 25.6 Å². The van der Waals surface area contributed by atoms with E-state index in [9.17, 15) is 9.59 Å². The second-order valence-corrected chi connectivity index (χ2v) is 8.81. The maximum atomic E-state index is 12.8. The van der Waals surface area contributed by atoms with E-state index in [4.69, 9.17) is 4.74 Å². The summed E-state index contributed by atoms with van der Waals surface area (Å²) in [6, 6.07) is 6.36. The van der Waals surface area contributed by atoms with Crippen molar-refractivity contribution in [1.29, 1.82) is 0 Å². The molecular weight excluding hydrogens is 519 g/mol. The number of allylic oxidation sites excluding steroid dienone is 2. The van der Waals surface area contributed by atoms with Crippen molar-refractivity contribution in [2.75, 3.05) is 32.8 Å². The molecule has 1 saturated heterocycles. The van der Waals surface area contributed by atoms with Gasteiger partial charge in [0.05, 0.1) is 18.4 Å². The summed E-state index contributed by atoms with van der Waals surface area (Å²) in [5.41, 5.74) is 2.53. The third kappa shape index (κ3) is 4.25. The van der Waals surface area contributed by atoms with Crippen LogP contribution in [-0.4, -0.2) is 55.5 Å². The topological polar surface area (TPSA) is 83.0 Å². The van der Waals surface area contributed by atoms with Crippen LogP contribution in [0.4, 0.5) is 0 Å². The number of ether oxygens (including phenoxy) is 1. The molecule has 2 fully saturated rings. The predicted molar refractivity (Wildman–Crippen MR) is 133 cm³/mol. The summed E-state index contributed by atoms with van der Waals surface area (Å²) in [4.78, 5) is 31.7. The molecule has 2 amide bonds. The van der Waals surface area contributed by atoms with Crippen molar-refractivity contribution < 1.29 is 14.3 Å². The molecule has 4 aliphatic rings. The summed E-state index contributed by atoms with van der Waals surface area (Å²) in [5, 5.41) is 6.52. The number of hydrogen-bond acceptors (Lipinski definition) is 4. The Morgan fingerprint density at radius 3 is 2.62 bits per heavy atom. The maximum Gasteiger partial charge on any atom is 0.233 e. The summed E-state index contributed by atoms with van der Waals surface area (Å²) >= 11 is 0. The highest BCUT2D eigenvalue weighted by Crippen LogP contribution is 2.52. The zero-order chi connectivity index (χ0) is 21.4. The number of nitrogens with one attached hydrogen (secondary N) is 2. The van der Waals surface area contributed by atoms with E-state index in [2.05, 4.69) is 39.9 Å². The number of nitrogens with zero attached hydrogens (tertiary/aromatic N) is 2. The van der Waals surface area contributed by atoms with Gasteiger partial charge in [-0.05, 0) is 48.8 Å². The molecule has 0 radical (unpaired) electrons. The Bertz CT molecular complexity index is 917. The van der Waals surface area contributed by atoms with Crippen LogP contribution < -0.4 is 15.4 Å². The Balaban J connectivity index is 0.00000245. The van der Waals surface area contributed by atoms with Crippen LogP contribution in [0.1, 0.15) is 24.5 Å². The highest BCUT2D eigenvalue weighted by Gasteiger charge is 2.58. The van der Waals surface area contributed by atoms with Crippen LogP contribution in [0.3, 0.4) is 0 Å². The third-order valence-corrected chi connectivity index (χ3v) is 6.96. The average Bonchev–Trinajstić information content (AvgIpc) is 3.54. The standard InChI is InChI=1S/C24H30N4O3.HI/c1-2-25-24(26-9-7-15-3-6-19-16(13-15)8-12-31-19)27-10-11-28-22(29)20-17-4-5-18(14-17)21(20)23(28)30;/h3-6,13,17-18,20-21H,2,7-12,14H2,1H3,(H2,25,26,27);1H. The minimum Gasteiger partial charge on any atom is -0.493 e. The van der Waals surface area contributed by atoms with Crippen molar-refractivity contribution in [3.8, 4) is 5.75 Å². The fourth-order valence-corrected chi connectivity index (χ4v) is 5.50. The summed E-state index contributed by atoms with van der Waals surface area (Å²) in [5.74, 6) is 2.01. The molecule has 2 bridgehead atoms. The van der Waals surface area contributed by atoms with Crippen LogP contribution in [0.5, 0.6) is 5.75 Å². The number of aliphatic imine (C=N–C) groups is 1.